The average molecular weight is 322 g/mol. The zero-order chi connectivity index (χ0) is 13.2. The monoisotopic (exact) mass is 320 g/mol. The standard InChI is InChI=1S/C12H14BrClO3/c1-12(2,6-10(15)16)8-4-7(13)5-9(14)11(8)17-3/h4-5H,6H2,1-3H3,(H,15,16). The summed E-state index contributed by atoms with van der Waals surface area (Å²) in [6, 6.07) is 3.56. The van der Waals surface area contributed by atoms with Crippen molar-refractivity contribution in [2.75, 3.05) is 7.11 Å². The van der Waals surface area contributed by atoms with Crippen molar-refractivity contribution in [3.05, 3.63) is 27.2 Å². The van der Waals surface area contributed by atoms with Gasteiger partial charge in [0.15, 0.2) is 0 Å². The molecule has 0 aliphatic rings. The SMILES string of the molecule is COc1c(Cl)cc(Br)cc1C(C)(C)CC(=O)O. The molecule has 1 aromatic rings. The third kappa shape index (κ3) is 3.36. The molecule has 0 heterocycles. The molecule has 1 rings (SSSR count). The number of ether oxygens (including phenoxy) is 1. The van der Waals surface area contributed by atoms with Crippen LogP contribution in [0.3, 0.4) is 0 Å². The lowest BCUT2D eigenvalue weighted by atomic mass is 9.81. The number of benzene rings is 1. The maximum atomic E-state index is 10.9. The number of halogens is 2. The fourth-order valence-electron chi connectivity index (χ4n) is 1.74. The van der Waals surface area contributed by atoms with Crippen molar-refractivity contribution in [1.29, 1.82) is 0 Å². The average Bonchev–Trinajstić information content (AvgIpc) is 2.14. The highest BCUT2D eigenvalue weighted by atomic mass is 79.9. The van der Waals surface area contributed by atoms with E-state index in [0.717, 1.165) is 10.0 Å². The molecule has 0 saturated heterocycles. The van der Waals surface area contributed by atoms with Crippen molar-refractivity contribution in [2.45, 2.75) is 25.7 Å². The van der Waals surface area contributed by atoms with Crippen LogP contribution in [0.15, 0.2) is 16.6 Å². The van der Waals surface area contributed by atoms with Gasteiger partial charge in [0.1, 0.15) is 5.75 Å². The molecule has 0 radical (unpaired) electrons. The molecule has 0 amide bonds. The number of aliphatic carboxylic acids is 1. The third-order valence-electron chi connectivity index (χ3n) is 2.53. The van der Waals surface area contributed by atoms with Gasteiger partial charge >= 0.3 is 5.97 Å². The smallest absolute Gasteiger partial charge is 0.304 e. The van der Waals surface area contributed by atoms with Gasteiger partial charge in [-0.25, -0.2) is 0 Å². The van der Waals surface area contributed by atoms with Gasteiger partial charge in [0, 0.05) is 15.5 Å². The Kier molecular flexibility index (Phi) is 4.44. The summed E-state index contributed by atoms with van der Waals surface area (Å²) in [5.74, 6) is -0.325. The molecule has 5 heteroatoms. The summed E-state index contributed by atoms with van der Waals surface area (Å²) < 4.78 is 6.06. The zero-order valence-corrected chi connectivity index (χ0v) is 12.2. The third-order valence-corrected chi connectivity index (χ3v) is 3.27. The van der Waals surface area contributed by atoms with Crippen molar-refractivity contribution < 1.29 is 14.6 Å². The Morgan fingerprint density at radius 1 is 1.53 bits per heavy atom. The highest BCUT2D eigenvalue weighted by molar-refractivity contribution is 9.10. The van der Waals surface area contributed by atoms with E-state index in [0.29, 0.717) is 10.8 Å². The van der Waals surface area contributed by atoms with Gasteiger partial charge in [-0.05, 0) is 12.1 Å². The lowest BCUT2D eigenvalue weighted by Gasteiger charge is -2.26. The van der Waals surface area contributed by atoms with E-state index in [2.05, 4.69) is 15.9 Å². The highest BCUT2D eigenvalue weighted by Crippen LogP contribution is 2.40. The van der Waals surface area contributed by atoms with Gasteiger partial charge in [-0.2, -0.15) is 0 Å². The Balaban J connectivity index is 3.33. The van der Waals surface area contributed by atoms with Crippen LogP contribution in [0.5, 0.6) is 5.75 Å². The maximum Gasteiger partial charge on any atom is 0.304 e. The largest absolute Gasteiger partial charge is 0.495 e. The Morgan fingerprint density at radius 3 is 2.59 bits per heavy atom. The first-order valence-corrected chi connectivity index (χ1v) is 6.20. The molecule has 17 heavy (non-hydrogen) atoms. The van der Waals surface area contributed by atoms with E-state index in [-0.39, 0.29) is 6.42 Å². The summed E-state index contributed by atoms with van der Waals surface area (Å²) in [5.41, 5.74) is 0.228. The second-order valence-electron chi connectivity index (χ2n) is 4.42. The van der Waals surface area contributed by atoms with Crippen LogP contribution in [0.1, 0.15) is 25.8 Å². The number of hydrogen-bond donors (Lipinski definition) is 1. The van der Waals surface area contributed by atoms with E-state index in [1.807, 2.05) is 19.9 Å². The van der Waals surface area contributed by atoms with E-state index < -0.39 is 11.4 Å². The summed E-state index contributed by atoms with van der Waals surface area (Å²) in [6.45, 7) is 3.70. The topological polar surface area (TPSA) is 46.5 Å². The van der Waals surface area contributed by atoms with Crippen LogP contribution >= 0.6 is 27.5 Å². The molecule has 3 nitrogen and oxygen atoms in total. The Labute approximate surface area is 114 Å². The minimum Gasteiger partial charge on any atom is -0.495 e. The van der Waals surface area contributed by atoms with Gasteiger partial charge in [-0.3, -0.25) is 4.79 Å². The van der Waals surface area contributed by atoms with Crippen LogP contribution in [0.25, 0.3) is 0 Å². The highest BCUT2D eigenvalue weighted by Gasteiger charge is 2.29. The predicted octanol–water partition coefficient (Wildman–Crippen LogP) is 3.86. The van der Waals surface area contributed by atoms with Crippen molar-refractivity contribution >= 4 is 33.5 Å². The molecule has 0 saturated carbocycles. The van der Waals surface area contributed by atoms with Crippen LogP contribution in [0.2, 0.25) is 5.02 Å². The lowest BCUT2D eigenvalue weighted by molar-refractivity contribution is -0.138. The Bertz CT molecular complexity index is 444. The summed E-state index contributed by atoms with van der Waals surface area (Å²) in [5, 5.41) is 9.40. The van der Waals surface area contributed by atoms with Gasteiger partial charge in [0.25, 0.3) is 0 Å². The van der Waals surface area contributed by atoms with Crippen LogP contribution < -0.4 is 4.74 Å². The van der Waals surface area contributed by atoms with Gasteiger partial charge in [-0.1, -0.05) is 41.4 Å². The van der Waals surface area contributed by atoms with Gasteiger partial charge in [0.05, 0.1) is 18.6 Å². The number of carboxylic acid groups (broad SMARTS) is 1. The zero-order valence-electron chi connectivity index (χ0n) is 9.88. The van der Waals surface area contributed by atoms with Gasteiger partial charge in [0.2, 0.25) is 0 Å². The van der Waals surface area contributed by atoms with Crippen molar-refractivity contribution in [3.8, 4) is 5.75 Å². The maximum absolute atomic E-state index is 10.9. The first-order chi connectivity index (χ1) is 7.77. The lowest BCUT2D eigenvalue weighted by Crippen LogP contribution is -2.22. The van der Waals surface area contributed by atoms with Crippen LogP contribution in [-0.4, -0.2) is 18.2 Å². The fourth-order valence-corrected chi connectivity index (χ4v) is 2.63. The normalized spacial score (nSPS) is 11.4. The van der Waals surface area contributed by atoms with Gasteiger partial charge < -0.3 is 9.84 Å². The van der Waals surface area contributed by atoms with E-state index in [9.17, 15) is 4.79 Å². The molecule has 0 bridgehead atoms. The first-order valence-electron chi connectivity index (χ1n) is 5.03. The van der Waals surface area contributed by atoms with E-state index >= 15 is 0 Å². The van der Waals surface area contributed by atoms with E-state index in [1.165, 1.54) is 7.11 Å². The number of carbonyl (C=O) groups is 1. The molecule has 0 aliphatic carbocycles. The molecule has 0 unspecified atom stereocenters. The second-order valence-corrected chi connectivity index (χ2v) is 5.75. The molecule has 0 aromatic heterocycles. The molecule has 1 N–H and O–H groups in total. The van der Waals surface area contributed by atoms with Crippen molar-refractivity contribution in [3.63, 3.8) is 0 Å². The molecule has 0 spiro atoms. The molecular weight excluding hydrogens is 307 g/mol. The first kappa shape index (κ1) is 14.3. The van der Waals surface area contributed by atoms with Crippen LogP contribution in [-0.2, 0) is 10.2 Å². The molecule has 0 aliphatic heterocycles. The predicted molar refractivity (Wildman–Crippen MR) is 71.0 cm³/mol. The summed E-state index contributed by atoms with van der Waals surface area (Å²) in [6.07, 6.45) is 0.0101. The van der Waals surface area contributed by atoms with E-state index in [4.69, 9.17) is 21.4 Å². The van der Waals surface area contributed by atoms with Crippen molar-refractivity contribution in [2.24, 2.45) is 0 Å². The molecule has 0 fully saturated rings. The number of carboxylic acids is 1. The molecule has 0 atom stereocenters. The van der Waals surface area contributed by atoms with Crippen LogP contribution in [0, 0.1) is 0 Å². The summed E-state index contributed by atoms with van der Waals surface area (Å²) in [4.78, 5) is 10.9. The minimum absolute atomic E-state index is 0.0101. The molecule has 1 aromatic carbocycles. The summed E-state index contributed by atoms with van der Waals surface area (Å²) >= 11 is 9.42. The summed E-state index contributed by atoms with van der Waals surface area (Å²) in [7, 11) is 1.52. The van der Waals surface area contributed by atoms with Gasteiger partial charge in [-0.15, -0.1) is 0 Å². The van der Waals surface area contributed by atoms with Crippen molar-refractivity contribution in [1.82, 2.24) is 0 Å². The van der Waals surface area contributed by atoms with Crippen LogP contribution in [0.4, 0.5) is 0 Å². The fraction of sp³-hybridized carbons (Fsp3) is 0.417. The number of hydrogen-bond acceptors (Lipinski definition) is 2. The number of rotatable bonds is 4. The molecule has 94 valence electrons. The molecular formula is C12H14BrClO3. The minimum atomic E-state index is -0.854. The quantitative estimate of drug-likeness (QED) is 0.916. The second kappa shape index (κ2) is 5.27. The Hall–Kier alpha value is -0.740. The van der Waals surface area contributed by atoms with E-state index in [1.54, 1.807) is 6.07 Å². The Morgan fingerprint density at radius 2 is 2.12 bits per heavy atom. The number of methoxy groups -OCH3 is 1.